The fourth-order valence-corrected chi connectivity index (χ4v) is 2.31. The van der Waals surface area contributed by atoms with Crippen LogP contribution in [0.25, 0.3) is 0 Å². The summed E-state index contributed by atoms with van der Waals surface area (Å²) in [4.78, 5) is 25.0. The highest BCUT2D eigenvalue weighted by molar-refractivity contribution is 6.06. The Labute approximate surface area is 107 Å². The molecule has 18 heavy (non-hydrogen) atoms. The van der Waals surface area contributed by atoms with Gasteiger partial charge in [-0.2, -0.15) is 0 Å². The summed E-state index contributed by atoms with van der Waals surface area (Å²) in [5.41, 5.74) is 2.59. The summed E-state index contributed by atoms with van der Waals surface area (Å²) in [6, 6.07) is 5.85. The largest absolute Gasteiger partial charge is 0.325 e. The molecule has 0 radical (unpaired) electrons. The molecule has 1 aliphatic rings. The zero-order valence-electron chi connectivity index (χ0n) is 11.2. The highest BCUT2D eigenvalue weighted by Crippen LogP contribution is 2.24. The highest BCUT2D eigenvalue weighted by Gasteiger charge is 2.45. The van der Waals surface area contributed by atoms with E-state index in [4.69, 9.17) is 0 Å². The van der Waals surface area contributed by atoms with Crippen molar-refractivity contribution < 1.29 is 9.59 Å². The summed E-state index contributed by atoms with van der Waals surface area (Å²) in [5.74, 6) is -0.239. The number of hydrogen-bond donors (Lipinski definition) is 1. The lowest BCUT2D eigenvalue weighted by Gasteiger charge is -2.28. The maximum Gasteiger partial charge on any atom is 0.325 e. The van der Waals surface area contributed by atoms with Crippen molar-refractivity contribution in [3.63, 3.8) is 0 Å². The van der Waals surface area contributed by atoms with Crippen molar-refractivity contribution in [2.75, 3.05) is 0 Å². The molecule has 2 rings (SSSR count). The van der Waals surface area contributed by atoms with Crippen molar-refractivity contribution in [1.29, 1.82) is 0 Å². The summed E-state index contributed by atoms with van der Waals surface area (Å²) >= 11 is 0. The van der Waals surface area contributed by atoms with E-state index in [9.17, 15) is 9.59 Å². The molecule has 0 spiro atoms. The number of carbonyl (C=O) groups excluding carboxylic acids is 2. The minimum atomic E-state index is -0.783. The average molecular weight is 246 g/mol. The van der Waals surface area contributed by atoms with Crippen molar-refractivity contribution in [1.82, 2.24) is 10.2 Å². The number of carbonyl (C=O) groups is 2. The molecule has 1 aromatic rings. The molecule has 1 aromatic carbocycles. The number of amides is 3. The number of urea groups is 1. The summed E-state index contributed by atoms with van der Waals surface area (Å²) < 4.78 is 0. The smallest absolute Gasteiger partial charge is 0.306 e. The molecule has 0 atom stereocenters. The maximum absolute atomic E-state index is 11.8. The van der Waals surface area contributed by atoms with Crippen molar-refractivity contribution in [3.8, 4) is 0 Å². The molecule has 0 bridgehead atoms. The molecule has 1 N–H and O–H groups in total. The van der Waals surface area contributed by atoms with Gasteiger partial charge in [-0.05, 0) is 33.3 Å². The Morgan fingerprint density at radius 3 is 2.11 bits per heavy atom. The maximum atomic E-state index is 11.8. The predicted octanol–water partition coefficient (Wildman–Crippen LogP) is 2.13. The summed E-state index contributed by atoms with van der Waals surface area (Å²) in [5, 5.41) is 2.35. The van der Waals surface area contributed by atoms with Gasteiger partial charge in [-0.3, -0.25) is 10.1 Å². The quantitative estimate of drug-likeness (QED) is 0.813. The van der Waals surface area contributed by atoms with Crippen LogP contribution < -0.4 is 5.32 Å². The number of nitrogens with one attached hydrogen (secondary N) is 1. The van der Waals surface area contributed by atoms with Gasteiger partial charge in [0.2, 0.25) is 0 Å². The molecule has 1 aliphatic heterocycles. The lowest BCUT2D eigenvalue weighted by Crippen LogP contribution is -2.43. The molecule has 0 saturated carbocycles. The van der Waals surface area contributed by atoms with Gasteiger partial charge in [-0.1, -0.05) is 29.3 Å². The number of hydrogen-bond acceptors (Lipinski definition) is 2. The summed E-state index contributed by atoms with van der Waals surface area (Å²) in [7, 11) is 0. The van der Waals surface area contributed by atoms with Crippen LogP contribution in [0.5, 0.6) is 0 Å². The van der Waals surface area contributed by atoms with E-state index in [1.54, 1.807) is 18.7 Å². The van der Waals surface area contributed by atoms with Crippen LogP contribution in [-0.2, 0) is 11.3 Å². The summed E-state index contributed by atoms with van der Waals surface area (Å²) in [6.07, 6.45) is 0. The van der Waals surface area contributed by atoms with Crippen LogP contribution in [0.4, 0.5) is 4.79 Å². The Kier molecular flexibility index (Phi) is 2.89. The van der Waals surface area contributed by atoms with Crippen LogP contribution in [0, 0.1) is 13.8 Å². The van der Waals surface area contributed by atoms with Crippen LogP contribution >= 0.6 is 0 Å². The van der Waals surface area contributed by atoms with E-state index in [0.717, 1.165) is 16.7 Å². The zero-order valence-corrected chi connectivity index (χ0v) is 11.2. The van der Waals surface area contributed by atoms with Crippen LogP contribution in [-0.4, -0.2) is 22.4 Å². The van der Waals surface area contributed by atoms with Gasteiger partial charge in [0.1, 0.15) is 5.54 Å². The molecular weight excluding hydrogens is 228 g/mol. The SMILES string of the molecule is Cc1cc(C)cc(CN2C(=O)NC(=O)C2(C)C)c1. The van der Waals surface area contributed by atoms with Gasteiger partial charge >= 0.3 is 6.03 Å². The first-order valence-electron chi connectivity index (χ1n) is 6.01. The molecule has 0 aliphatic carbocycles. The standard InChI is InChI=1S/C14H18N2O2/c1-9-5-10(2)7-11(6-9)8-16-13(18)15-12(17)14(16,3)4/h5-7H,8H2,1-4H3,(H,15,17,18). The third-order valence-corrected chi connectivity index (χ3v) is 3.32. The number of nitrogens with zero attached hydrogens (tertiary/aromatic N) is 1. The van der Waals surface area contributed by atoms with Crippen LogP contribution in [0.1, 0.15) is 30.5 Å². The number of rotatable bonds is 2. The van der Waals surface area contributed by atoms with Crippen LogP contribution in [0.3, 0.4) is 0 Å². The summed E-state index contributed by atoms with van der Waals surface area (Å²) in [6.45, 7) is 8.02. The molecule has 1 heterocycles. The normalized spacial score (nSPS) is 18.1. The number of benzene rings is 1. The predicted molar refractivity (Wildman–Crippen MR) is 69.1 cm³/mol. The lowest BCUT2D eigenvalue weighted by molar-refractivity contribution is -0.125. The Morgan fingerprint density at radius 2 is 1.67 bits per heavy atom. The fraction of sp³-hybridized carbons (Fsp3) is 0.429. The van der Waals surface area contributed by atoms with E-state index in [2.05, 4.69) is 11.4 Å². The van der Waals surface area contributed by atoms with Crippen molar-refractivity contribution >= 4 is 11.9 Å². The van der Waals surface area contributed by atoms with E-state index in [1.165, 1.54) is 0 Å². The molecule has 1 saturated heterocycles. The van der Waals surface area contributed by atoms with E-state index >= 15 is 0 Å². The zero-order chi connectivity index (χ0) is 13.5. The van der Waals surface area contributed by atoms with Gasteiger partial charge in [-0.25, -0.2) is 4.79 Å². The first-order valence-corrected chi connectivity index (χ1v) is 6.01. The monoisotopic (exact) mass is 246 g/mol. The second-order valence-electron chi connectivity index (χ2n) is 5.40. The Morgan fingerprint density at radius 1 is 1.11 bits per heavy atom. The molecule has 96 valence electrons. The van der Waals surface area contributed by atoms with Gasteiger partial charge in [0, 0.05) is 6.54 Å². The molecule has 4 heteroatoms. The number of imide groups is 1. The van der Waals surface area contributed by atoms with E-state index in [0.29, 0.717) is 6.54 Å². The van der Waals surface area contributed by atoms with E-state index < -0.39 is 5.54 Å². The fourth-order valence-electron chi connectivity index (χ4n) is 2.31. The van der Waals surface area contributed by atoms with Gasteiger partial charge in [0.05, 0.1) is 0 Å². The first kappa shape index (κ1) is 12.6. The second-order valence-corrected chi connectivity index (χ2v) is 5.40. The molecule has 3 amide bonds. The Balaban J connectivity index is 2.28. The second kappa shape index (κ2) is 4.12. The molecule has 0 unspecified atom stereocenters. The van der Waals surface area contributed by atoms with Crippen molar-refractivity contribution in [2.24, 2.45) is 0 Å². The van der Waals surface area contributed by atoms with Gasteiger partial charge in [-0.15, -0.1) is 0 Å². The molecule has 0 aromatic heterocycles. The Bertz CT molecular complexity index is 500. The van der Waals surface area contributed by atoms with E-state index in [1.807, 2.05) is 26.0 Å². The van der Waals surface area contributed by atoms with Gasteiger partial charge in [0.25, 0.3) is 5.91 Å². The molecular formula is C14H18N2O2. The first-order chi connectivity index (χ1) is 8.30. The Hall–Kier alpha value is -1.84. The third kappa shape index (κ3) is 2.10. The minimum absolute atomic E-state index is 0.239. The van der Waals surface area contributed by atoms with E-state index in [-0.39, 0.29) is 11.9 Å². The average Bonchev–Trinajstić information content (AvgIpc) is 2.40. The molecule has 4 nitrogen and oxygen atoms in total. The third-order valence-electron chi connectivity index (χ3n) is 3.32. The van der Waals surface area contributed by atoms with Crippen LogP contribution in [0.2, 0.25) is 0 Å². The van der Waals surface area contributed by atoms with Gasteiger partial charge < -0.3 is 4.90 Å². The lowest BCUT2D eigenvalue weighted by atomic mass is 10.0. The minimum Gasteiger partial charge on any atom is -0.306 e. The topological polar surface area (TPSA) is 49.4 Å². The van der Waals surface area contributed by atoms with Gasteiger partial charge in [0.15, 0.2) is 0 Å². The van der Waals surface area contributed by atoms with Crippen molar-refractivity contribution in [2.45, 2.75) is 39.8 Å². The molecule has 1 fully saturated rings. The van der Waals surface area contributed by atoms with Crippen LogP contribution in [0.15, 0.2) is 18.2 Å². The number of aryl methyl sites for hydroxylation is 2. The highest BCUT2D eigenvalue weighted by atomic mass is 16.2. The van der Waals surface area contributed by atoms with Crippen molar-refractivity contribution in [3.05, 3.63) is 34.9 Å².